The molecule has 0 aromatic carbocycles. The molecular formula is C12H19N5O. The molecule has 6 nitrogen and oxygen atoms in total. The van der Waals surface area contributed by atoms with Crippen molar-refractivity contribution in [1.82, 2.24) is 9.88 Å². The Morgan fingerprint density at radius 3 is 3.00 bits per heavy atom. The Balaban J connectivity index is 2.42. The molecule has 0 aliphatic heterocycles. The maximum absolute atomic E-state index is 8.96. The van der Waals surface area contributed by atoms with Crippen LogP contribution in [-0.4, -0.2) is 50.3 Å². The maximum atomic E-state index is 8.96. The molecule has 3 N–H and O–H groups in total. The number of methoxy groups -OCH3 is 1. The number of anilines is 2. The van der Waals surface area contributed by atoms with E-state index in [2.05, 4.69) is 21.3 Å². The highest BCUT2D eigenvalue weighted by Gasteiger charge is 2.04. The zero-order chi connectivity index (χ0) is 13.4. The third kappa shape index (κ3) is 4.57. The summed E-state index contributed by atoms with van der Waals surface area (Å²) in [5, 5.41) is 12.1. The molecular weight excluding hydrogens is 230 g/mol. The number of nitrogens with one attached hydrogen (secondary N) is 1. The number of nitrogens with two attached hydrogens (primary N) is 1. The van der Waals surface area contributed by atoms with Crippen molar-refractivity contribution in [3.05, 3.63) is 17.8 Å². The molecule has 0 saturated heterocycles. The fourth-order valence-corrected chi connectivity index (χ4v) is 1.43. The van der Waals surface area contributed by atoms with Crippen molar-refractivity contribution in [3.8, 4) is 6.07 Å². The molecule has 0 atom stereocenters. The first-order valence-electron chi connectivity index (χ1n) is 5.74. The summed E-state index contributed by atoms with van der Waals surface area (Å²) in [4.78, 5) is 6.24. The topological polar surface area (TPSA) is 87.2 Å². The van der Waals surface area contributed by atoms with E-state index in [1.807, 2.05) is 7.05 Å². The molecule has 0 saturated carbocycles. The second-order valence-electron chi connectivity index (χ2n) is 4.00. The lowest BCUT2D eigenvalue weighted by Crippen LogP contribution is -2.28. The van der Waals surface area contributed by atoms with Crippen molar-refractivity contribution in [2.45, 2.75) is 0 Å². The number of likely N-dealkylation sites (N-methyl/N-ethyl adjacent to an activating group) is 1. The SMILES string of the molecule is COCCN(C)CCNc1ncc(N)cc1C#N. The van der Waals surface area contributed by atoms with Gasteiger partial charge in [-0.05, 0) is 13.1 Å². The molecule has 98 valence electrons. The summed E-state index contributed by atoms with van der Waals surface area (Å²) in [7, 11) is 3.70. The minimum Gasteiger partial charge on any atom is -0.397 e. The number of nitrogen functional groups attached to an aromatic ring is 1. The maximum Gasteiger partial charge on any atom is 0.144 e. The van der Waals surface area contributed by atoms with Crippen LogP contribution < -0.4 is 11.1 Å². The standard InChI is InChI=1S/C12H19N5O/c1-17(5-6-18-2)4-3-15-12-10(8-13)7-11(14)9-16-12/h7,9H,3-6,14H2,1-2H3,(H,15,16). The zero-order valence-corrected chi connectivity index (χ0v) is 10.8. The van der Waals surface area contributed by atoms with Gasteiger partial charge in [-0.25, -0.2) is 4.98 Å². The number of rotatable bonds is 7. The first-order valence-corrected chi connectivity index (χ1v) is 5.74. The van der Waals surface area contributed by atoms with Gasteiger partial charge in [-0.2, -0.15) is 5.26 Å². The molecule has 0 aliphatic carbocycles. The van der Waals surface area contributed by atoms with Crippen molar-refractivity contribution in [2.24, 2.45) is 0 Å². The lowest BCUT2D eigenvalue weighted by atomic mass is 10.2. The average Bonchev–Trinajstić information content (AvgIpc) is 2.37. The molecule has 0 radical (unpaired) electrons. The monoisotopic (exact) mass is 249 g/mol. The van der Waals surface area contributed by atoms with E-state index < -0.39 is 0 Å². The summed E-state index contributed by atoms with van der Waals surface area (Å²) in [6.07, 6.45) is 1.54. The molecule has 0 amide bonds. The van der Waals surface area contributed by atoms with Crippen LogP contribution in [0.25, 0.3) is 0 Å². The van der Waals surface area contributed by atoms with Gasteiger partial charge < -0.3 is 20.7 Å². The number of nitriles is 1. The molecule has 0 fully saturated rings. The van der Waals surface area contributed by atoms with Crippen molar-refractivity contribution < 1.29 is 4.74 Å². The summed E-state index contributed by atoms with van der Waals surface area (Å²) in [6, 6.07) is 3.69. The molecule has 0 spiro atoms. The minimum absolute atomic E-state index is 0.467. The van der Waals surface area contributed by atoms with E-state index in [0.29, 0.717) is 30.2 Å². The summed E-state index contributed by atoms with van der Waals surface area (Å²) in [5.41, 5.74) is 6.53. The van der Waals surface area contributed by atoms with Gasteiger partial charge in [0.15, 0.2) is 0 Å². The second kappa shape index (κ2) is 7.48. The lowest BCUT2D eigenvalue weighted by Gasteiger charge is -2.16. The van der Waals surface area contributed by atoms with Crippen LogP contribution in [0.1, 0.15) is 5.56 Å². The van der Waals surface area contributed by atoms with Gasteiger partial charge in [0.05, 0.1) is 24.1 Å². The molecule has 1 rings (SSSR count). The highest BCUT2D eigenvalue weighted by atomic mass is 16.5. The minimum atomic E-state index is 0.467. The Morgan fingerprint density at radius 2 is 2.33 bits per heavy atom. The lowest BCUT2D eigenvalue weighted by molar-refractivity contribution is 0.163. The quantitative estimate of drug-likeness (QED) is 0.732. The first kappa shape index (κ1) is 14.2. The van der Waals surface area contributed by atoms with Gasteiger partial charge in [0.25, 0.3) is 0 Å². The third-order valence-electron chi connectivity index (χ3n) is 2.49. The van der Waals surface area contributed by atoms with Crippen LogP contribution in [0.4, 0.5) is 11.5 Å². The van der Waals surface area contributed by atoms with E-state index in [0.717, 1.165) is 13.1 Å². The second-order valence-corrected chi connectivity index (χ2v) is 4.00. The van der Waals surface area contributed by atoms with E-state index in [-0.39, 0.29) is 0 Å². The van der Waals surface area contributed by atoms with Gasteiger partial charge in [0.2, 0.25) is 0 Å². The number of pyridine rings is 1. The van der Waals surface area contributed by atoms with Crippen LogP contribution in [-0.2, 0) is 4.74 Å². The van der Waals surface area contributed by atoms with Gasteiger partial charge in [-0.15, -0.1) is 0 Å². The van der Waals surface area contributed by atoms with E-state index in [4.69, 9.17) is 15.7 Å². The number of nitrogens with zero attached hydrogens (tertiary/aromatic N) is 3. The number of aromatic nitrogens is 1. The highest BCUT2D eigenvalue weighted by molar-refractivity contribution is 5.57. The summed E-state index contributed by atoms with van der Waals surface area (Å²) in [6.45, 7) is 3.14. The van der Waals surface area contributed by atoms with E-state index in [1.165, 1.54) is 6.20 Å². The highest BCUT2D eigenvalue weighted by Crippen LogP contribution is 2.13. The van der Waals surface area contributed by atoms with Gasteiger partial charge >= 0.3 is 0 Å². The number of hydrogen-bond donors (Lipinski definition) is 2. The Labute approximate surface area is 107 Å². The van der Waals surface area contributed by atoms with Crippen LogP contribution in [0, 0.1) is 11.3 Å². The number of hydrogen-bond acceptors (Lipinski definition) is 6. The molecule has 0 bridgehead atoms. The summed E-state index contributed by atoms with van der Waals surface area (Å²) < 4.78 is 5.00. The predicted octanol–water partition coefficient (Wildman–Crippen LogP) is 0.526. The zero-order valence-electron chi connectivity index (χ0n) is 10.8. The Bertz CT molecular complexity index is 415. The summed E-state index contributed by atoms with van der Waals surface area (Å²) in [5.74, 6) is 0.576. The van der Waals surface area contributed by atoms with Gasteiger partial charge in [0, 0.05) is 26.7 Å². The van der Waals surface area contributed by atoms with Gasteiger partial charge in [-0.3, -0.25) is 0 Å². The van der Waals surface area contributed by atoms with Crippen molar-refractivity contribution >= 4 is 11.5 Å². The van der Waals surface area contributed by atoms with Crippen molar-refractivity contribution in [2.75, 3.05) is 51.4 Å². The van der Waals surface area contributed by atoms with Crippen molar-refractivity contribution in [1.29, 1.82) is 5.26 Å². The van der Waals surface area contributed by atoms with E-state index in [9.17, 15) is 0 Å². The normalized spacial score (nSPS) is 10.3. The Hall–Kier alpha value is -1.84. The van der Waals surface area contributed by atoms with Crippen LogP contribution >= 0.6 is 0 Å². The Kier molecular flexibility index (Phi) is 5.91. The van der Waals surface area contributed by atoms with Crippen molar-refractivity contribution in [3.63, 3.8) is 0 Å². The molecule has 1 aromatic rings. The number of ether oxygens (including phenoxy) is 1. The molecule has 1 heterocycles. The molecule has 0 aliphatic rings. The van der Waals surface area contributed by atoms with Crippen LogP contribution in [0.5, 0.6) is 0 Å². The van der Waals surface area contributed by atoms with Gasteiger partial charge in [0.1, 0.15) is 11.9 Å². The van der Waals surface area contributed by atoms with Gasteiger partial charge in [-0.1, -0.05) is 0 Å². The molecule has 6 heteroatoms. The predicted molar refractivity (Wildman–Crippen MR) is 71.2 cm³/mol. The Morgan fingerprint density at radius 1 is 1.56 bits per heavy atom. The van der Waals surface area contributed by atoms with Crippen LogP contribution in [0.15, 0.2) is 12.3 Å². The smallest absolute Gasteiger partial charge is 0.144 e. The fourth-order valence-electron chi connectivity index (χ4n) is 1.43. The van der Waals surface area contributed by atoms with Crippen LogP contribution in [0.3, 0.4) is 0 Å². The first-order chi connectivity index (χ1) is 8.67. The van der Waals surface area contributed by atoms with Crippen LogP contribution in [0.2, 0.25) is 0 Å². The molecule has 1 aromatic heterocycles. The molecule has 0 unspecified atom stereocenters. The largest absolute Gasteiger partial charge is 0.397 e. The van der Waals surface area contributed by atoms with E-state index in [1.54, 1.807) is 13.2 Å². The fraction of sp³-hybridized carbons (Fsp3) is 0.500. The average molecular weight is 249 g/mol. The molecule has 18 heavy (non-hydrogen) atoms. The summed E-state index contributed by atoms with van der Waals surface area (Å²) >= 11 is 0. The van der Waals surface area contributed by atoms with E-state index >= 15 is 0 Å². The third-order valence-corrected chi connectivity index (χ3v) is 2.49.